The third kappa shape index (κ3) is 1.68. The fourth-order valence-corrected chi connectivity index (χ4v) is 2.51. The summed E-state index contributed by atoms with van der Waals surface area (Å²) in [5.74, 6) is 0.730. The van der Waals surface area contributed by atoms with Crippen LogP contribution in [0.4, 0.5) is 10.2 Å². The highest BCUT2D eigenvalue weighted by Gasteiger charge is 2.30. The first-order chi connectivity index (χ1) is 8.68. The van der Waals surface area contributed by atoms with E-state index in [9.17, 15) is 4.39 Å². The SMILES string of the molecule is Nc1noc(C2CCC2)c1-c1c(F)cccc1Cl. The maximum Gasteiger partial charge on any atom is 0.175 e. The third-order valence-electron chi connectivity index (χ3n) is 3.43. The molecule has 0 aliphatic heterocycles. The Morgan fingerprint density at radius 3 is 2.72 bits per heavy atom. The maximum atomic E-state index is 13.9. The van der Waals surface area contributed by atoms with Gasteiger partial charge in [0.1, 0.15) is 11.6 Å². The Kier molecular flexibility index (Phi) is 2.74. The normalized spacial score (nSPS) is 15.7. The van der Waals surface area contributed by atoms with Gasteiger partial charge in [0.05, 0.1) is 10.6 Å². The Hall–Kier alpha value is -1.55. The number of rotatable bonds is 2. The average molecular weight is 267 g/mol. The zero-order chi connectivity index (χ0) is 12.7. The summed E-state index contributed by atoms with van der Waals surface area (Å²) in [6.07, 6.45) is 3.19. The number of nitrogens with zero attached hydrogens (tertiary/aromatic N) is 1. The molecule has 1 saturated carbocycles. The average Bonchev–Trinajstić information content (AvgIpc) is 2.59. The van der Waals surface area contributed by atoms with Gasteiger partial charge in [-0.1, -0.05) is 29.2 Å². The summed E-state index contributed by atoms with van der Waals surface area (Å²) in [5, 5.41) is 4.08. The zero-order valence-electron chi connectivity index (χ0n) is 9.62. The second-order valence-corrected chi connectivity index (χ2v) is 4.94. The Balaban J connectivity index is 2.19. The predicted molar refractivity (Wildman–Crippen MR) is 67.9 cm³/mol. The van der Waals surface area contributed by atoms with Crippen LogP contribution in [-0.4, -0.2) is 5.16 Å². The van der Waals surface area contributed by atoms with E-state index in [4.69, 9.17) is 21.9 Å². The fraction of sp³-hybridized carbons (Fsp3) is 0.308. The molecule has 0 radical (unpaired) electrons. The van der Waals surface area contributed by atoms with Crippen molar-refractivity contribution in [2.24, 2.45) is 0 Å². The molecule has 18 heavy (non-hydrogen) atoms. The highest BCUT2D eigenvalue weighted by atomic mass is 35.5. The van der Waals surface area contributed by atoms with E-state index in [1.165, 1.54) is 6.07 Å². The summed E-state index contributed by atoms with van der Waals surface area (Å²) >= 11 is 6.07. The molecular formula is C13H12ClFN2O. The molecule has 1 heterocycles. The van der Waals surface area contributed by atoms with Gasteiger partial charge in [-0.25, -0.2) is 4.39 Å². The minimum Gasteiger partial charge on any atom is -0.380 e. The predicted octanol–water partition coefficient (Wildman–Crippen LogP) is 3.98. The lowest BCUT2D eigenvalue weighted by Crippen LogP contribution is -2.09. The molecule has 5 heteroatoms. The van der Waals surface area contributed by atoms with Crippen molar-refractivity contribution >= 4 is 17.4 Å². The molecular weight excluding hydrogens is 255 g/mol. The monoisotopic (exact) mass is 266 g/mol. The largest absolute Gasteiger partial charge is 0.380 e. The van der Waals surface area contributed by atoms with Crippen molar-refractivity contribution in [3.63, 3.8) is 0 Å². The van der Waals surface area contributed by atoms with E-state index >= 15 is 0 Å². The van der Waals surface area contributed by atoms with Crippen LogP contribution in [0, 0.1) is 5.82 Å². The minimum absolute atomic E-state index is 0.198. The molecule has 0 saturated heterocycles. The molecule has 1 aromatic heterocycles. The fourth-order valence-electron chi connectivity index (χ4n) is 2.25. The molecule has 2 N–H and O–H groups in total. The van der Waals surface area contributed by atoms with Gasteiger partial charge in [-0.2, -0.15) is 0 Å². The maximum absolute atomic E-state index is 13.9. The molecule has 0 atom stereocenters. The van der Waals surface area contributed by atoms with Crippen molar-refractivity contribution in [2.75, 3.05) is 5.73 Å². The zero-order valence-corrected chi connectivity index (χ0v) is 10.4. The van der Waals surface area contributed by atoms with E-state index in [-0.39, 0.29) is 11.7 Å². The van der Waals surface area contributed by atoms with E-state index in [0.717, 1.165) is 19.3 Å². The van der Waals surface area contributed by atoms with Gasteiger partial charge >= 0.3 is 0 Å². The van der Waals surface area contributed by atoms with Gasteiger partial charge in [0.25, 0.3) is 0 Å². The summed E-state index contributed by atoms with van der Waals surface area (Å²) in [7, 11) is 0. The summed E-state index contributed by atoms with van der Waals surface area (Å²) in [5.41, 5.74) is 6.61. The van der Waals surface area contributed by atoms with Crippen molar-refractivity contribution in [2.45, 2.75) is 25.2 Å². The van der Waals surface area contributed by atoms with E-state index in [1.807, 2.05) is 0 Å². The van der Waals surface area contributed by atoms with Crippen LogP contribution in [0.2, 0.25) is 5.02 Å². The second kappa shape index (κ2) is 4.28. The van der Waals surface area contributed by atoms with Gasteiger partial charge in [0.15, 0.2) is 5.82 Å². The number of hydrogen-bond acceptors (Lipinski definition) is 3. The first-order valence-corrected chi connectivity index (χ1v) is 6.25. The van der Waals surface area contributed by atoms with Crippen LogP contribution < -0.4 is 5.73 Å². The second-order valence-electron chi connectivity index (χ2n) is 4.53. The molecule has 0 unspecified atom stereocenters. The summed E-state index contributed by atoms with van der Waals surface area (Å²) in [6.45, 7) is 0. The molecule has 0 spiro atoms. The number of nitrogen functional groups attached to an aromatic ring is 1. The van der Waals surface area contributed by atoms with Crippen molar-refractivity contribution in [3.8, 4) is 11.1 Å². The van der Waals surface area contributed by atoms with Gasteiger partial charge in [0, 0.05) is 11.5 Å². The van der Waals surface area contributed by atoms with Crippen molar-refractivity contribution < 1.29 is 8.91 Å². The lowest BCUT2D eigenvalue weighted by atomic mass is 9.81. The van der Waals surface area contributed by atoms with Crippen LogP contribution in [0.25, 0.3) is 11.1 Å². The third-order valence-corrected chi connectivity index (χ3v) is 3.75. The van der Waals surface area contributed by atoms with Crippen LogP contribution in [0.3, 0.4) is 0 Å². The number of nitrogens with two attached hydrogens (primary N) is 1. The summed E-state index contributed by atoms with van der Waals surface area (Å²) in [4.78, 5) is 0. The van der Waals surface area contributed by atoms with Gasteiger partial charge in [-0.3, -0.25) is 0 Å². The standard InChI is InChI=1S/C13H12ClFN2O/c14-8-5-2-6-9(15)10(8)11-12(7-3-1-4-7)18-17-13(11)16/h2,5-7H,1,3-4H2,(H2,16,17). The first-order valence-electron chi connectivity index (χ1n) is 5.88. The van der Waals surface area contributed by atoms with Gasteiger partial charge in [-0.15, -0.1) is 0 Å². The molecule has 0 amide bonds. The van der Waals surface area contributed by atoms with Crippen LogP contribution in [0.1, 0.15) is 30.9 Å². The molecule has 3 nitrogen and oxygen atoms in total. The molecule has 94 valence electrons. The van der Waals surface area contributed by atoms with Gasteiger partial charge in [0.2, 0.25) is 0 Å². The summed E-state index contributed by atoms with van der Waals surface area (Å²) < 4.78 is 19.2. The Morgan fingerprint density at radius 2 is 2.11 bits per heavy atom. The van der Waals surface area contributed by atoms with Crippen molar-refractivity contribution in [1.82, 2.24) is 5.16 Å². The number of benzene rings is 1. The van der Waals surface area contributed by atoms with Crippen LogP contribution >= 0.6 is 11.6 Å². The smallest absolute Gasteiger partial charge is 0.175 e. The number of hydrogen-bond donors (Lipinski definition) is 1. The van der Waals surface area contributed by atoms with Gasteiger partial charge in [-0.05, 0) is 25.0 Å². The van der Waals surface area contributed by atoms with Crippen molar-refractivity contribution in [3.05, 3.63) is 34.8 Å². The quantitative estimate of drug-likeness (QED) is 0.894. The molecule has 1 aliphatic carbocycles. The minimum atomic E-state index is -0.405. The number of halogens is 2. The summed E-state index contributed by atoms with van der Waals surface area (Å²) in [6, 6.07) is 4.56. The molecule has 2 aromatic rings. The topological polar surface area (TPSA) is 52.0 Å². The van der Waals surface area contributed by atoms with E-state index in [0.29, 0.717) is 21.9 Å². The van der Waals surface area contributed by atoms with Crippen LogP contribution in [0.5, 0.6) is 0 Å². The number of aromatic nitrogens is 1. The van der Waals surface area contributed by atoms with Gasteiger partial charge < -0.3 is 10.3 Å². The molecule has 1 fully saturated rings. The molecule has 0 bridgehead atoms. The lowest BCUT2D eigenvalue weighted by Gasteiger charge is -2.23. The van der Waals surface area contributed by atoms with Crippen LogP contribution in [0.15, 0.2) is 22.7 Å². The Morgan fingerprint density at radius 1 is 1.33 bits per heavy atom. The van der Waals surface area contributed by atoms with E-state index < -0.39 is 5.82 Å². The highest BCUT2D eigenvalue weighted by molar-refractivity contribution is 6.33. The van der Waals surface area contributed by atoms with E-state index in [1.54, 1.807) is 12.1 Å². The lowest BCUT2D eigenvalue weighted by molar-refractivity contribution is 0.302. The van der Waals surface area contributed by atoms with E-state index in [2.05, 4.69) is 5.16 Å². The first kappa shape index (κ1) is 11.5. The number of anilines is 1. The molecule has 1 aromatic carbocycles. The van der Waals surface area contributed by atoms with Crippen LogP contribution in [-0.2, 0) is 0 Å². The van der Waals surface area contributed by atoms with Crippen molar-refractivity contribution in [1.29, 1.82) is 0 Å². The molecule has 3 rings (SSSR count). The molecule has 1 aliphatic rings. The highest BCUT2D eigenvalue weighted by Crippen LogP contribution is 2.45. The Labute approximate surface area is 109 Å². The Bertz CT molecular complexity index is 572.